The molecule has 62 valence electrons. The van der Waals surface area contributed by atoms with Crippen LogP contribution in [-0.4, -0.2) is 15.2 Å². The zero-order chi connectivity index (χ0) is 8.10. The highest BCUT2D eigenvalue weighted by Gasteiger charge is 1.97. The minimum atomic E-state index is 0.538. The van der Waals surface area contributed by atoms with E-state index in [9.17, 15) is 0 Å². The predicted molar refractivity (Wildman–Crippen MR) is 46.9 cm³/mol. The van der Waals surface area contributed by atoms with E-state index in [4.69, 9.17) is 0 Å². The smallest absolute Gasteiger partial charge is 0.205 e. The Labute approximate surface area is 72.0 Å². The van der Waals surface area contributed by atoms with Gasteiger partial charge in [0.15, 0.2) is 0 Å². The Balaban J connectivity index is 2.27. The zero-order valence-corrected chi connectivity index (χ0v) is 7.56. The molecule has 0 saturated heterocycles. The van der Waals surface area contributed by atoms with Gasteiger partial charge in [0.1, 0.15) is 5.82 Å². The molecule has 0 saturated carbocycles. The average Bonchev–Trinajstić information content (AvgIpc) is 2.37. The maximum atomic E-state index is 4.08. The summed E-state index contributed by atoms with van der Waals surface area (Å²) in [6.07, 6.45) is 4.66. The fourth-order valence-corrected chi connectivity index (χ4v) is 1.11. The van der Waals surface area contributed by atoms with Crippen molar-refractivity contribution in [2.75, 3.05) is 0 Å². The van der Waals surface area contributed by atoms with Crippen LogP contribution in [0, 0.1) is 0 Å². The SMILES string of the molecule is CCCCCc1nc(S)n[nH]1. The van der Waals surface area contributed by atoms with Crippen LogP contribution in [0.4, 0.5) is 0 Å². The number of aryl methyl sites for hydroxylation is 1. The lowest BCUT2D eigenvalue weighted by Crippen LogP contribution is -1.87. The van der Waals surface area contributed by atoms with Gasteiger partial charge in [0, 0.05) is 6.42 Å². The predicted octanol–water partition coefficient (Wildman–Crippen LogP) is 1.83. The topological polar surface area (TPSA) is 41.6 Å². The normalized spacial score (nSPS) is 10.4. The van der Waals surface area contributed by atoms with Gasteiger partial charge in [0.2, 0.25) is 5.16 Å². The minimum Gasteiger partial charge on any atom is -0.262 e. The fraction of sp³-hybridized carbons (Fsp3) is 0.714. The molecular formula is C7H13N3S. The van der Waals surface area contributed by atoms with Crippen LogP contribution in [0.3, 0.4) is 0 Å². The molecule has 0 aromatic carbocycles. The van der Waals surface area contributed by atoms with Crippen LogP contribution in [0.2, 0.25) is 0 Å². The van der Waals surface area contributed by atoms with E-state index in [1.165, 1.54) is 19.3 Å². The Morgan fingerprint density at radius 3 is 2.82 bits per heavy atom. The number of aromatic nitrogens is 3. The van der Waals surface area contributed by atoms with Crippen molar-refractivity contribution in [1.29, 1.82) is 0 Å². The van der Waals surface area contributed by atoms with E-state index in [2.05, 4.69) is 34.7 Å². The molecule has 0 fully saturated rings. The Bertz CT molecular complexity index is 209. The summed E-state index contributed by atoms with van der Waals surface area (Å²) < 4.78 is 0. The van der Waals surface area contributed by atoms with Crippen molar-refractivity contribution >= 4 is 12.6 Å². The number of thiol groups is 1. The lowest BCUT2D eigenvalue weighted by atomic mass is 10.2. The summed E-state index contributed by atoms with van der Waals surface area (Å²) in [4.78, 5) is 4.08. The van der Waals surface area contributed by atoms with Crippen molar-refractivity contribution in [2.24, 2.45) is 0 Å². The molecule has 11 heavy (non-hydrogen) atoms. The number of hydrogen-bond donors (Lipinski definition) is 2. The van der Waals surface area contributed by atoms with Gasteiger partial charge >= 0.3 is 0 Å². The van der Waals surface area contributed by atoms with Crippen LogP contribution in [-0.2, 0) is 6.42 Å². The van der Waals surface area contributed by atoms with Gasteiger partial charge in [-0.2, -0.15) is 0 Å². The number of aromatic amines is 1. The highest BCUT2D eigenvalue weighted by atomic mass is 32.1. The molecule has 4 heteroatoms. The van der Waals surface area contributed by atoms with Crippen molar-refractivity contribution in [3.63, 3.8) is 0 Å². The number of unbranched alkanes of at least 4 members (excludes halogenated alkanes) is 2. The van der Waals surface area contributed by atoms with Gasteiger partial charge < -0.3 is 0 Å². The fourth-order valence-electron chi connectivity index (χ4n) is 0.939. The Morgan fingerprint density at radius 2 is 2.27 bits per heavy atom. The van der Waals surface area contributed by atoms with Gasteiger partial charge in [-0.05, 0) is 6.42 Å². The van der Waals surface area contributed by atoms with Gasteiger partial charge in [-0.25, -0.2) is 4.98 Å². The maximum absolute atomic E-state index is 4.08. The summed E-state index contributed by atoms with van der Waals surface area (Å²) in [5.41, 5.74) is 0. The third kappa shape index (κ3) is 2.93. The van der Waals surface area contributed by atoms with Gasteiger partial charge in [0.25, 0.3) is 0 Å². The molecule has 3 nitrogen and oxygen atoms in total. The zero-order valence-electron chi connectivity index (χ0n) is 6.67. The first kappa shape index (κ1) is 8.59. The van der Waals surface area contributed by atoms with Crippen LogP contribution in [0.1, 0.15) is 32.0 Å². The molecule has 1 rings (SSSR count). The monoisotopic (exact) mass is 171 g/mol. The van der Waals surface area contributed by atoms with E-state index in [-0.39, 0.29) is 0 Å². The highest BCUT2D eigenvalue weighted by Crippen LogP contribution is 2.02. The summed E-state index contributed by atoms with van der Waals surface area (Å²) in [7, 11) is 0. The third-order valence-corrected chi connectivity index (χ3v) is 1.74. The molecule has 0 atom stereocenters. The van der Waals surface area contributed by atoms with Crippen molar-refractivity contribution < 1.29 is 0 Å². The number of nitrogens with one attached hydrogen (secondary N) is 1. The molecular weight excluding hydrogens is 158 g/mol. The lowest BCUT2D eigenvalue weighted by molar-refractivity contribution is 0.695. The van der Waals surface area contributed by atoms with Crippen LogP contribution in [0.5, 0.6) is 0 Å². The Kier molecular flexibility index (Phi) is 3.42. The lowest BCUT2D eigenvalue weighted by Gasteiger charge is -1.92. The quantitative estimate of drug-likeness (QED) is 0.536. The number of rotatable bonds is 4. The van der Waals surface area contributed by atoms with Crippen LogP contribution >= 0.6 is 12.6 Å². The van der Waals surface area contributed by atoms with Crippen molar-refractivity contribution in [1.82, 2.24) is 15.2 Å². The summed E-state index contributed by atoms with van der Waals surface area (Å²) >= 11 is 4.00. The first-order valence-corrected chi connectivity index (χ1v) is 4.38. The van der Waals surface area contributed by atoms with Crippen molar-refractivity contribution in [2.45, 2.75) is 37.8 Å². The molecule has 0 aliphatic heterocycles. The number of hydrogen-bond acceptors (Lipinski definition) is 3. The molecule has 0 aliphatic rings. The highest BCUT2D eigenvalue weighted by molar-refractivity contribution is 7.80. The van der Waals surface area contributed by atoms with Gasteiger partial charge in [-0.15, -0.1) is 17.7 Å². The van der Waals surface area contributed by atoms with Crippen molar-refractivity contribution in [3.8, 4) is 0 Å². The summed E-state index contributed by atoms with van der Waals surface area (Å²) in [5.74, 6) is 0.948. The molecule has 0 aliphatic carbocycles. The van der Waals surface area contributed by atoms with E-state index in [1.54, 1.807) is 0 Å². The van der Waals surface area contributed by atoms with Crippen LogP contribution < -0.4 is 0 Å². The molecule has 0 radical (unpaired) electrons. The van der Waals surface area contributed by atoms with Crippen LogP contribution in [0.25, 0.3) is 0 Å². The number of nitrogens with zero attached hydrogens (tertiary/aromatic N) is 2. The summed E-state index contributed by atoms with van der Waals surface area (Å²) in [6, 6.07) is 0. The Hall–Kier alpha value is -0.510. The first-order chi connectivity index (χ1) is 5.33. The van der Waals surface area contributed by atoms with E-state index >= 15 is 0 Å². The second-order valence-corrected chi connectivity index (χ2v) is 2.94. The first-order valence-electron chi connectivity index (χ1n) is 3.93. The van der Waals surface area contributed by atoms with Gasteiger partial charge in [-0.3, -0.25) is 5.10 Å². The largest absolute Gasteiger partial charge is 0.262 e. The van der Waals surface area contributed by atoms with E-state index in [1.807, 2.05) is 0 Å². The third-order valence-electron chi connectivity index (χ3n) is 1.54. The molecule has 1 N–H and O–H groups in total. The standard InChI is InChI=1S/C7H13N3S/c1-2-3-4-5-6-8-7(11)10-9-6/h2-5H2,1H3,(H2,8,9,10,11). The van der Waals surface area contributed by atoms with Gasteiger partial charge in [0.05, 0.1) is 0 Å². The molecule has 0 bridgehead atoms. The van der Waals surface area contributed by atoms with E-state index in [0.29, 0.717) is 5.16 Å². The molecule has 1 heterocycles. The second kappa shape index (κ2) is 4.38. The average molecular weight is 171 g/mol. The maximum Gasteiger partial charge on any atom is 0.205 e. The van der Waals surface area contributed by atoms with E-state index < -0.39 is 0 Å². The van der Waals surface area contributed by atoms with Crippen LogP contribution in [0.15, 0.2) is 5.16 Å². The molecule has 0 spiro atoms. The van der Waals surface area contributed by atoms with E-state index in [0.717, 1.165) is 12.2 Å². The molecule has 0 amide bonds. The second-order valence-electron chi connectivity index (χ2n) is 2.54. The minimum absolute atomic E-state index is 0.538. The summed E-state index contributed by atoms with van der Waals surface area (Å²) in [6.45, 7) is 2.18. The molecule has 1 aromatic heterocycles. The number of H-pyrrole nitrogens is 1. The molecule has 1 aromatic rings. The van der Waals surface area contributed by atoms with Gasteiger partial charge in [-0.1, -0.05) is 19.8 Å². The summed E-state index contributed by atoms with van der Waals surface area (Å²) in [5, 5.41) is 7.19. The Morgan fingerprint density at radius 1 is 1.45 bits per heavy atom. The molecule has 0 unspecified atom stereocenters. The van der Waals surface area contributed by atoms with Crippen molar-refractivity contribution in [3.05, 3.63) is 5.82 Å².